The van der Waals surface area contributed by atoms with Crippen molar-refractivity contribution in [3.63, 3.8) is 0 Å². The van der Waals surface area contributed by atoms with Crippen molar-refractivity contribution in [2.75, 3.05) is 6.54 Å². The van der Waals surface area contributed by atoms with E-state index in [0.717, 1.165) is 16.6 Å². The molecule has 0 aliphatic heterocycles. The van der Waals surface area contributed by atoms with Gasteiger partial charge >= 0.3 is 0 Å². The molecule has 0 saturated carbocycles. The Balaban J connectivity index is 1.94. The van der Waals surface area contributed by atoms with Crippen LogP contribution in [0.1, 0.15) is 18.1 Å². The van der Waals surface area contributed by atoms with Crippen LogP contribution < -0.4 is 5.32 Å². The predicted molar refractivity (Wildman–Crippen MR) is 81.9 cm³/mol. The van der Waals surface area contributed by atoms with Crippen LogP contribution in [0, 0.1) is 0 Å². The fourth-order valence-electron chi connectivity index (χ4n) is 1.98. The minimum absolute atomic E-state index is 0.512. The van der Waals surface area contributed by atoms with Crippen molar-refractivity contribution in [2.24, 2.45) is 0 Å². The minimum atomic E-state index is -0.859. The Hall–Kier alpha value is -1.16. The van der Waals surface area contributed by atoms with E-state index in [2.05, 4.69) is 27.3 Å². The van der Waals surface area contributed by atoms with Crippen molar-refractivity contribution in [3.05, 3.63) is 70.2 Å². The van der Waals surface area contributed by atoms with Gasteiger partial charge < -0.3 is 10.4 Å². The SMILES string of the molecule is CC(O)(CNCc1ccccc1Br)c1ccccc1. The van der Waals surface area contributed by atoms with Crippen LogP contribution in [0.15, 0.2) is 59.1 Å². The zero-order valence-corrected chi connectivity index (χ0v) is 12.5. The third-order valence-electron chi connectivity index (χ3n) is 3.14. The Bertz CT molecular complexity index is 525. The van der Waals surface area contributed by atoms with Crippen molar-refractivity contribution in [3.8, 4) is 0 Å². The van der Waals surface area contributed by atoms with Gasteiger partial charge in [0.05, 0.1) is 5.60 Å². The Kier molecular flexibility index (Phi) is 4.75. The molecule has 2 nitrogen and oxygen atoms in total. The van der Waals surface area contributed by atoms with Gasteiger partial charge in [-0.05, 0) is 24.1 Å². The Morgan fingerprint density at radius 2 is 1.68 bits per heavy atom. The summed E-state index contributed by atoms with van der Waals surface area (Å²) in [6, 6.07) is 17.8. The van der Waals surface area contributed by atoms with E-state index in [1.165, 1.54) is 5.56 Å². The summed E-state index contributed by atoms with van der Waals surface area (Å²) in [7, 11) is 0. The van der Waals surface area contributed by atoms with Crippen molar-refractivity contribution >= 4 is 15.9 Å². The van der Waals surface area contributed by atoms with E-state index in [-0.39, 0.29) is 0 Å². The molecule has 0 heterocycles. The van der Waals surface area contributed by atoms with Crippen LogP contribution in [0.4, 0.5) is 0 Å². The molecule has 0 aromatic heterocycles. The maximum Gasteiger partial charge on any atom is 0.0992 e. The van der Waals surface area contributed by atoms with E-state index in [0.29, 0.717) is 6.54 Å². The normalized spacial score (nSPS) is 14.1. The van der Waals surface area contributed by atoms with Crippen LogP contribution in [0.25, 0.3) is 0 Å². The maximum atomic E-state index is 10.5. The number of aliphatic hydroxyl groups is 1. The van der Waals surface area contributed by atoms with E-state index in [9.17, 15) is 5.11 Å². The van der Waals surface area contributed by atoms with E-state index in [1.807, 2.05) is 55.5 Å². The lowest BCUT2D eigenvalue weighted by atomic mass is 9.96. The fraction of sp³-hybridized carbons (Fsp3) is 0.250. The highest BCUT2D eigenvalue weighted by Gasteiger charge is 2.21. The number of hydrogen-bond acceptors (Lipinski definition) is 2. The quantitative estimate of drug-likeness (QED) is 0.884. The topological polar surface area (TPSA) is 32.3 Å². The fourth-order valence-corrected chi connectivity index (χ4v) is 2.41. The van der Waals surface area contributed by atoms with Crippen LogP contribution in [0.2, 0.25) is 0 Å². The first-order valence-corrected chi connectivity index (χ1v) is 7.11. The summed E-state index contributed by atoms with van der Waals surface area (Å²) < 4.78 is 1.09. The van der Waals surface area contributed by atoms with Crippen LogP contribution in [-0.2, 0) is 12.1 Å². The minimum Gasteiger partial charge on any atom is -0.384 e. The third-order valence-corrected chi connectivity index (χ3v) is 3.91. The van der Waals surface area contributed by atoms with Crippen LogP contribution in [0.3, 0.4) is 0 Å². The van der Waals surface area contributed by atoms with E-state index < -0.39 is 5.60 Å². The number of rotatable bonds is 5. The molecule has 3 heteroatoms. The van der Waals surface area contributed by atoms with E-state index >= 15 is 0 Å². The molecule has 100 valence electrons. The second-order valence-corrected chi connectivity index (χ2v) is 5.69. The molecule has 0 fully saturated rings. The van der Waals surface area contributed by atoms with Crippen LogP contribution >= 0.6 is 15.9 Å². The molecule has 1 atom stereocenters. The molecule has 0 spiro atoms. The first-order chi connectivity index (χ1) is 9.09. The molecule has 1 unspecified atom stereocenters. The van der Waals surface area contributed by atoms with Gasteiger partial charge in [0, 0.05) is 17.6 Å². The van der Waals surface area contributed by atoms with E-state index in [1.54, 1.807) is 0 Å². The zero-order chi connectivity index (χ0) is 13.7. The molecule has 2 aromatic rings. The van der Waals surface area contributed by atoms with Gasteiger partial charge in [-0.2, -0.15) is 0 Å². The lowest BCUT2D eigenvalue weighted by Crippen LogP contribution is -2.35. The molecule has 0 bridgehead atoms. The Labute approximate surface area is 122 Å². The highest BCUT2D eigenvalue weighted by atomic mass is 79.9. The summed E-state index contributed by atoms with van der Waals surface area (Å²) in [5.41, 5.74) is 1.25. The summed E-state index contributed by atoms with van der Waals surface area (Å²) in [5.74, 6) is 0. The maximum absolute atomic E-state index is 10.5. The highest BCUT2D eigenvalue weighted by molar-refractivity contribution is 9.10. The van der Waals surface area contributed by atoms with Crippen molar-refractivity contribution in [1.82, 2.24) is 5.32 Å². The molecule has 0 saturated heterocycles. The van der Waals surface area contributed by atoms with Crippen LogP contribution in [0.5, 0.6) is 0 Å². The van der Waals surface area contributed by atoms with E-state index in [4.69, 9.17) is 0 Å². The number of halogens is 1. The monoisotopic (exact) mass is 319 g/mol. The summed E-state index contributed by atoms with van der Waals surface area (Å²) in [5, 5.41) is 13.8. The molecular formula is C16H18BrNO. The van der Waals surface area contributed by atoms with Gasteiger partial charge in [0.2, 0.25) is 0 Å². The van der Waals surface area contributed by atoms with Gasteiger partial charge in [0.15, 0.2) is 0 Å². The lowest BCUT2D eigenvalue weighted by molar-refractivity contribution is 0.0566. The lowest BCUT2D eigenvalue weighted by Gasteiger charge is -2.24. The Morgan fingerprint density at radius 1 is 1.05 bits per heavy atom. The second kappa shape index (κ2) is 6.33. The van der Waals surface area contributed by atoms with Gasteiger partial charge in [-0.1, -0.05) is 64.5 Å². The third kappa shape index (κ3) is 3.90. The molecule has 0 amide bonds. The summed E-state index contributed by atoms with van der Waals surface area (Å²) in [4.78, 5) is 0. The number of nitrogens with one attached hydrogen (secondary N) is 1. The molecule has 19 heavy (non-hydrogen) atoms. The number of benzene rings is 2. The first-order valence-electron chi connectivity index (χ1n) is 6.31. The molecule has 2 N–H and O–H groups in total. The molecular weight excluding hydrogens is 302 g/mol. The summed E-state index contributed by atoms with van der Waals surface area (Å²) in [6.07, 6.45) is 0. The molecule has 2 aromatic carbocycles. The average Bonchev–Trinajstić information content (AvgIpc) is 2.42. The van der Waals surface area contributed by atoms with Crippen molar-refractivity contribution in [2.45, 2.75) is 19.1 Å². The Morgan fingerprint density at radius 3 is 2.37 bits per heavy atom. The standard InChI is InChI=1S/C16H18BrNO/c1-16(19,14-8-3-2-4-9-14)12-18-11-13-7-5-6-10-15(13)17/h2-10,18-19H,11-12H2,1H3. The molecule has 0 aliphatic rings. The van der Waals surface area contributed by atoms with Crippen molar-refractivity contribution in [1.29, 1.82) is 0 Å². The predicted octanol–water partition coefficient (Wildman–Crippen LogP) is 3.45. The molecule has 0 aliphatic carbocycles. The van der Waals surface area contributed by atoms with Gasteiger partial charge in [0.1, 0.15) is 0 Å². The first kappa shape index (κ1) is 14.3. The summed E-state index contributed by atoms with van der Waals surface area (Å²) >= 11 is 3.52. The zero-order valence-electron chi connectivity index (χ0n) is 10.9. The highest BCUT2D eigenvalue weighted by Crippen LogP contribution is 2.20. The molecule has 2 rings (SSSR count). The van der Waals surface area contributed by atoms with Gasteiger partial charge in [-0.25, -0.2) is 0 Å². The molecule has 0 radical (unpaired) electrons. The number of hydrogen-bond donors (Lipinski definition) is 2. The average molecular weight is 320 g/mol. The largest absolute Gasteiger partial charge is 0.384 e. The summed E-state index contributed by atoms with van der Waals surface area (Å²) in [6.45, 7) is 3.07. The van der Waals surface area contributed by atoms with Gasteiger partial charge in [-0.3, -0.25) is 0 Å². The van der Waals surface area contributed by atoms with Gasteiger partial charge in [-0.15, -0.1) is 0 Å². The second-order valence-electron chi connectivity index (χ2n) is 4.83. The van der Waals surface area contributed by atoms with Gasteiger partial charge in [0.25, 0.3) is 0 Å². The smallest absolute Gasteiger partial charge is 0.0992 e. The van der Waals surface area contributed by atoms with Crippen LogP contribution in [-0.4, -0.2) is 11.7 Å². The van der Waals surface area contributed by atoms with Crippen molar-refractivity contribution < 1.29 is 5.11 Å².